The van der Waals surface area contributed by atoms with Crippen LogP contribution in [0.3, 0.4) is 0 Å². The van der Waals surface area contributed by atoms with Gasteiger partial charge in [-0.3, -0.25) is 9.89 Å². The van der Waals surface area contributed by atoms with E-state index < -0.39 is 0 Å². The van der Waals surface area contributed by atoms with Crippen molar-refractivity contribution in [3.05, 3.63) is 52.7 Å². The topological polar surface area (TPSA) is 42.9 Å². The van der Waals surface area contributed by atoms with Crippen molar-refractivity contribution in [2.24, 2.45) is 4.99 Å². The Morgan fingerprint density at radius 3 is 2.48 bits per heavy atom. The zero-order valence-corrected chi connectivity index (χ0v) is 19.1. The number of piperazine rings is 1. The number of rotatable bonds is 7. The van der Waals surface area contributed by atoms with Gasteiger partial charge in [0, 0.05) is 50.3 Å². The second-order valence-electron chi connectivity index (χ2n) is 6.45. The van der Waals surface area contributed by atoms with Crippen LogP contribution in [0.2, 0.25) is 0 Å². The van der Waals surface area contributed by atoms with Crippen LogP contribution in [0.5, 0.6) is 0 Å². The van der Waals surface area contributed by atoms with Crippen molar-refractivity contribution < 1.29 is 0 Å². The summed E-state index contributed by atoms with van der Waals surface area (Å²) in [7, 11) is 1.83. The van der Waals surface area contributed by atoms with Crippen molar-refractivity contribution in [1.29, 1.82) is 0 Å². The number of nitrogens with one attached hydrogen (secondary N) is 2. The fraction of sp³-hybridized carbons (Fsp3) is 0.450. The average molecular weight is 499 g/mol. The summed E-state index contributed by atoms with van der Waals surface area (Å²) in [5, 5.41) is 8.88. The summed E-state index contributed by atoms with van der Waals surface area (Å²) in [4.78, 5) is 10.7. The minimum atomic E-state index is 0. The van der Waals surface area contributed by atoms with E-state index in [4.69, 9.17) is 0 Å². The number of hydrogen-bond donors (Lipinski definition) is 2. The van der Waals surface area contributed by atoms with Crippen LogP contribution in [0.1, 0.15) is 11.3 Å². The van der Waals surface area contributed by atoms with E-state index in [1.165, 1.54) is 10.6 Å². The van der Waals surface area contributed by atoms with Crippen molar-refractivity contribution in [2.75, 3.05) is 51.2 Å². The van der Waals surface area contributed by atoms with Crippen LogP contribution >= 0.6 is 35.3 Å². The van der Waals surface area contributed by atoms with Crippen LogP contribution in [-0.4, -0.2) is 57.2 Å². The first-order valence-electron chi connectivity index (χ1n) is 9.34. The summed E-state index contributed by atoms with van der Waals surface area (Å²) < 4.78 is 0. The highest BCUT2D eigenvalue weighted by atomic mass is 127. The quantitative estimate of drug-likeness (QED) is 0.266. The van der Waals surface area contributed by atoms with Gasteiger partial charge in [0.2, 0.25) is 0 Å². The first kappa shape index (κ1) is 22.0. The molecule has 27 heavy (non-hydrogen) atoms. The lowest BCUT2D eigenvalue weighted by atomic mass is 10.2. The number of thiophene rings is 1. The largest absolute Gasteiger partial charge is 0.369 e. The molecule has 0 radical (unpaired) electrons. The maximum atomic E-state index is 4.29. The van der Waals surface area contributed by atoms with Crippen LogP contribution in [0.15, 0.2) is 52.8 Å². The third-order valence-electron chi connectivity index (χ3n) is 4.67. The van der Waals surface area contributed by atoms with E-state index in [0.29, 0.717) is 0 Å². The maximum Gasteiger partial charge on any atom is 0.191 e. The van der Waals surface area contributed by atoms with E-state index in [2.05, 4.69) is 73.3 Å². The number of aliphatic imine (C=N–C) groups is 1. The predicted octanol–water partition coefficient (Wildman–Crippen LogP) is 3.24. The van der Waals surface area contributed by atoms with Gasteiger partial charge in [-0.15, -0.1) is 35.3 Å². The van der Waals surface area contributed by atoms with Crippen LogP contribution in [0.4, 0.5) is 5.69 Å². The summed E-state index contributed by atoms with van der Waals surface area (Å²) >= 11 is 1.77. The maximum absolute atomic E-state index is 4.29. The summed E-state index contributed by atoms with van der Waals surface area (Å²) in [5.41, 5.74) is 1.34. The van der Waals surface area contributed by atoms with Crippen molar-refractivity contribution in [1.82, 2.24) is 15.5 Å². The molecule has 1 aromatic heterocycles. The molecule has 0 amide bonds. The van der Waals surface area contributed by atoms with Gasteiger partial charge in [0.1, 0.15) is 0 Å². The molecule has 0 aliphatic carbocycles. The second-order valence-corrected chi connectivity index (χ2v) is 7.48. The molecule has 5 nitrogen and oxygen atoms in total. The van der Waals surface area contributed by atoms with E-state index >= 15 is 0 Å². The molecular formula is C20H30IN5S. The Kier molecular flexibility index (Phi) is 9.93. The van der Waals surface area contributed by atoms with E-state index in [9.17, 15) is 0 Å². The average Bonchev–Trinajstić information content (AvgIpc) is 3.22. The molecule has 3 rings (SSSR count). The van der Waals surface area contributed by atoms with Gasteiger partial charge in [-0.2, -0.15) is 0 Å². The Labute approximate surface area is 183 Å². The minimum absolute atomic E-state index is 0. The van der Waals surface area contributed by atoms with Gasteiger partial charge >= 0.3 is 0 Å². The molecular weight excluding hydrogens is 469 g/mol. The SMILES string of the molecule is CN=C(NCCCN1CCN(c2ccccc2)CC1)NCc1cccs1.I. The van der Waals surface area contributed by atoms with Crippen LogP contribution < -0.4 is 15.5 Å². The van der Waals surface area contributed by atoms with Crippen LogP contribution in [0, 0.1) is 0 Å². The third-order valence-corrected chi connectivity index (χ3v) is 5.55. The number of para-hydroxylation sites is 1. The molecule has 1 aliphatic rings. The Bertz CT molecular complexity index is 654. The van der Waals surface area contributed by atoms with Crippen molar-refractivity contribution in [3.63, 3.8) is 0 Å². The van der Waals surface area contributed by atoms with Gasteiger partial charge in [0.25, 0.3) is 0 Å². The van der Waals surface area contributed by atoms with Crippen molar-refractivity contribution in [2.45, 2.75) is 13.0 Å². The van der Waals surface area contributed by atoms with Gasteiger partial charge in [-0.05, 0) is 36.5 Å². The fourth-order valence-corrected chi connectivity index (χ4v) is 3.83. The molecule has 0 saturated carbocycles. The summed E-state index contributed by atoms with van der Waals surface area (Å²) in [6.45, 7) is 7.42. The van der Waals surface area contributed by atoms with Crippen molar-refractivity contribution >= 4 is 47.0 Å². The molecule has 0 bridgehead atoms. The number of benzene rings is 1. The molecule has 0 unspecified atom stereocenters. The first-order chi connectivity index (χ1) is 12.8. The summed E-state index contributed by atoms with van der Waals surface area (Å²) in [6, 6.07) is 14.9. The normalized spacial score (nSPS) is 15.3. The van der Waals surface area contributed by atoms with Crippen molar-refractivity contribution in [3.8, 4) is 0 Å². The lowest BCUT2D eigenvalue weighted by molar-refractivity contribution is 0.255. The Morgan fingerprint density at radius 2 is 1.81 bits per heavy atom. The molecule has 0 atom stereocenters. The van der Waals surface area contributed by atoms with Gasteiger partial charge in [0.15, 0.2) is 5.96 Å². The molecule has 0 spiro atoms. The highest BCUT2D eigenvalue weighted by Crippen LogP contribution is 2.15. The van der Waals surface area contributed by atoms with Gasteiger partial charge in [-0.1, -0.05) is 24.3 Å². The van der Waals surface area contributed by atoms with E-state index in [1.807, 2.05) is 7.05 Å². The van der Waals surface area contributed by atoms with E-state index in [1.54, 1.807) is 11.3 Å². The highest BCUT2D eigenvalue weighted by Gasteiger charge is 2.16. The zero-order valence-electron chi connectivity index (χ0n) is 15.9. The molecule has 2 heterocycles. The highest BCUT2D eigenvalue weighted by molar-refractivity contribution is 14.0. The monoisotopic (exact) mass is 499 g/mol. The third kappa shape index (κ3) is 7.31. The molecule has 1 saturated heterocycles. The first-order valence-corrected chi connectivity index (χ1v) is 10.2. The van der Waals surface area contributed by atoms with Gasteiger partial charge in [0.05, 0.1) is 6.54 Å². The lowest BCUT2D eigenvalue weighted by Crippen LogP contribution is -2.47. The molecule has 1 aromatic carbocycles. The number of hydrogen-bond acceptors (Lipinski definition) is 4. The zero-order chi connectivity index (χ0) is 18.0. The van der Waals surface area contributed by atoms with Gasteiger partial charge < -0.3 is 15.5 Å². The lowest BCUT2D eigenvalue weighted by Gasteiger charge is -2.36. The fourth-order valence-electron chi connectivity index (χ4n) is 3.18. The Morgan fingerprint density at radius 1 is 1.04 bits per heavy atom. The molecule has 1 aliphatic heterocycles. The second kappa shape index (κ2) is 12.2. The Hall–Kier alpha value is -1.32. The summed E-state index contributed by atoms with van der Waals surface area (Å²) in [5.74, 6) is 0.882. The molecule has 2 aromatic rings. The number of anilines is 1. The molecule has 1 fully saturated rings. The number of nitrogens with zero attached hydrogens (tertiary/aromatic N) is 3. The molecule has 7 heteroatoms. The smallest absolute Gasteiger partial charge is 0.191 e. The molecule has 2 N–H and O–H groups in total. The standard InChI is InChI=1S/C20H29N5S.HI/c1-21-20(23-17-19-9-5-16-26-19)22-10-6-11-24-12-14-25(15-13-24)18-7-3-2-4-8-18;/h2-5,7-9,16H,6,10-15,17H2,1H3,(H2,21,22,23);1H. The number of halogens is 1. The van der Waals surface area contributed by atoms with Gasteiger partial charge in [-0.25, -0.2) is 0 Å². The van der Waals surface area contributed by atoms with Crippen LogP contribution in [-0.2, 0) is 6.54 Å². The van der Waals surface area contributed by atoms with E-state index in [-0.39, 0.29) is 24.0 Å². The minimum Gasteiger partial charge on any atom is -0.369 e. The summed E-state index contributed by atoms with van der Waals surface area (Å²) in [6.07, 6.45) is 1.13. The predicted molar refractivity (Wildman–Crippen MR) is 128 cm³/mol. The Balaban J connectivity index is 0.00000261. The van der Waals surface area contributed by atoms with E-state index in [0.717, 1.165) is 58.2 Å². The number of guanidine groups is 1. The van der Waals surface area contributed by atoms with Crippen LogP contribution in [0.25, 0.3) is 0 Å². The molecule has 148 valence electrons.